The van der Waals surface area contributed by atoms with Crippen LogP contribution in [0, 0.1) is 0 Å². The largest absolute Gasteiger partial charge is 0.489 e. The lowest BCUT2D eigenvalue weighted by Gasteiger charge is -2.33. The van der Waals surface area contributed by atoms with Crippen molar-refractivity contribution in [3.8, 4) is 11.4 Å². The second-order valence-electron chi connectivity index (χ2n) is 7.19. The third-order valence-corrected chi connectivity index (χ3v) is 5.12. The van der Waals surface area contributed by atoms with E-state index in [0.717, 1.165) is 37.6 Å². The summed E-state index contributed by atoms with van der Waals surface area (Å²) in [4.78, 5) is 32.5. The number of aromatic nitrogens is 2. The number of nitrogens with zero attached hydrogens (tertiary/aromatic N) is 3. The Hall–Kier alpha value is -3.32. The van der Waals surface area contributed by atoms with Crippen LogP contribution in [0.15, 0.2) is 70.4 Å². The van der Waals surface area contributed by atoms with Gasteiger partial charge in [0.25, 0.3) is 11.1 Å². The van der Waals surface area contributed by atoms with E-state index in [2.05, 4.69) is 21.8 Å². The fourth-order valence-corrected chi connectivity index (χ4v) is 3.37. The van der Waals surface area contributed by atoms with E-state index in [0.29, 0.717) is 18.0 Å². The standard InChI is InChI=1S/C22H24N4O3/c1-24-11-13-25(14-12-24)20-8-7-19(22(28)23-20)26-10-9-18(15-21(26)27)29-16-17-5-3-2-4-6-17/h2-10,15H,11-14,16H2,1H3,(H,23,28). The van der Waals surface area contributed by atoms with E-state index in [9.17, 15) is 9.59 Å². The van der Waals surface area contributed by atoms with Crippen LogP contribution in [0.5, 0.6) is 5.75 Å². The van der Waals surface area contributed by atoms with Crippen LogP contribution in [0.1, 0.15) is 5.56 Å². The highest BCUT2D eigenvalue weighted by molar-refractivity contribution is 5.44. The second-order valence-corrected chi connectivity index (χ2v) is 7.19. The van der Waals surface area contributed by atoms with Crippen molar-refractivity contribution in [2.75, 3.05) is 38.1 Å². The minimum Gasteiger partial charge on any atom is -0.489 e. The molecule has 1 aliphatic heterocycles. The van der Waals surface area contributed by atoms with Gasteiger partial charge in [-0.05, 0) is 30.8 Å². The first-order valence-corrected chi connectivity index (χ1v) is 9.67. The van der Waals surface area contributed by atoms with Gasteiger partial charge in [-0.1, -0.05) is 30.3 Å². The van der Waals surface area contributed by atoms with E-state index >= 15 is 0 Å². The summed E-state index contributed by atoms with van der Waals surface area (Å²) < 4.78 is 7.03. The van der Waals surface area contributed by atoms with Crippen molar-refractivity contribution in [3.05, 3.63) is 87.1 Å². The maximum atomic E-state index is 12.6. The zero-order valence-electron chi connectivity index (χ0n) is 16.4. The Morgan fingerprint density at radius 3 is 2.41 bits per heavy atom. The van der Waals surface area contributed by atoms with E-state index < -0.39 is 0 Å². The number of rotatable bonds is 5. The zero-order chi connectivity index (χ0) is 20.2. The lowest BCUT2D eigenvalue weighted by Crippen LogP contribution is -2.45. The number of hydrogen-bond acceptors (Lipinski definition) is 5. The molecule has 1 N–H and O–H groups in total. The molecule has 0 aliphatic carbocycles. The molecule has 0 unspecified atom stereocenters. The van der Waals surface area contributed by atoms with Gasteiger partial charge in [-0.25, -0.2) is 0 Å². The van der Waals surface area contributed by atoms with E-state index in [1.807, 2.05) is 36.4 Å². The van der Waals surface area contributed by atoms with Gasteiger partial charge in [0.1, 0.15) is 23.9 Å². The maximum absolute atomic E-state index is 12.6. The average Bonchev–Trinajstić information content (AvgIpc) is 2.74. The first-order chi connectivity index (χ1) is 14.1. The molecule has 29 heavy (non-hydrogen) atoms. The van der Waals surface area contributed by atoms with Crippen LogP contribution in [0.25, 0.3) is 5.69 Å². The van der Waals surface area contributed by atoms with E-state index in [1.54, 1.807) is 18.3 Å². The molecule has 4 rings (SSSR count). The van der Waals surface area contributed by atoms with Crippen LogP contribution in [-0.4, -0.2) is 47.7 Å². The Morgan fingerprint density at radius 1 is 0.966 bits per heavy atom. The number of H-pyrrole nitrogens is 1. The zero-order valence-corrected chi connectivity index (χ0v) is 16.4. The fourth-order valence-electron chi connectivity index (χ4n) is 3.37. The number of anilines is 1. The van der Waals surface area contributed by atoms with Crippen molar-refractivity contribution >= 4 is 5.82 Å². The van der Waals surface area contributed by atoms with E-state index in [-0.39, 0.29) is 11.1 Å². The number of benzene rings is 1. The topological polar surface area (TPSA) is 70.6 Å². The van der Waals surface area contributed by atoms with Crippen LogP contribution >= 0.6 is 0 Å². The predicted molar refractivity (Wildman–Crippen MR) is 113 cm³/mol. The number of hydrogen-bond donors (Lipinski definition) is 1. The lowest BCUT2D eigenvalue weighted by molar-refractivity contribution is 0.305. The summed E-state index contributed by atoms with van der Waals surface area (Å²) >= 11 is 0. The summed E-state index contributed by atoms with van der Waals surface area (Å²) in [7, 11) is 2.09. The van der Waals surface area contributed by atoms with Gasteiger partial charge in [-0.2, -0.15) is 0 Å². The smallest absolute Gasteiger partial charge is 0.273 e. The summed E-state index contributed by atoms with van der Waals surface area (Å²) in [6.07, 6.45) is 1.57. The molecule has 1 saturated heterocycles. The normalized spacial score (nSPS) is 14.7. The third-order valence-electron chi connectivity index (χ3n) is 5.12. The lowest BCUT2D eigenvalue weighted by atomic mass is 10.2. The van der Waals surface area contributed by atoms with Gasteiger partial charge in [0.2, 0.25) is 0 Å². The van der Waals surface area contributed by atoms with Crippen molar-refractivity contribution in [1.82, 2.24) is 14.5 Å². The van der Waals surface area contributed by atoms with Crippen LogP contribution in [0.2, 0.25) is 0 Å². The molecule has 3 heterocycles. The number of piperazine rings is 1. The molecule has 2 aromatic heterocycles. The highest BCUT2D eigenvalue weighted by Gasteiger charge is 2.16. The van der Waals surface area contributed by atoms with Crippen LogP contribution < -0.4 is 20.8 Å². The van der Waals surface area contributed by atoms with Gasteiger partial charge < -0.3 is 19.5 Å². The highest BCUT2D eigenvalue weighted by atomic mass is 16.5. The van der Waals surface area contributed by atoms with Crippen LogP contribution in [-0.2, 0) is 6.61 Å². The Morgan fingerprint density at radius 2 is 1.72 bits per heavy atom. The molecule has 0 spiro atoms. The van der Waals surface area contributed by atoms with Gasteiger partial charge >= 0.3 is 0 Å². The predicted octanol–water partition coefficient (Wildman–Crippen LogP) is 1.86. The summed E-state index contributed by atoms with van der Waals surface area (Å²) in [5, 5.41) is 0. The summed E-state index contributed by atoms with van der Waals surface area (Å²) in [5.41, 5.74) is 0.713. The molecule has 0 atom stereocenters. The molecule has 7 heteroatoms. The number of ether oxygens (including phenoxy) is 1. The summed E-state index contributed by atoms with van der Waals surface area (Å²) in [6, 6.07) is 16.4. The van der Waals surface area contributed by atoms with Crippen LogP contribution in [0.3, 0.4) is 0 Å². The maximum Gasteiger partial charge on any atom is 0.273 e. The minimum atomic E-state index is -0.312. The Labute approximate surface area is 168 Å². The Balaban J connectivity index is 1.51. The molecular formula is C22H24N4O3. The summed E-state index contributed by atoms with van der Waals surface area (Å²) in [6.45, 7) is 4.00. The van der Waals surface area contributed by atoms with Gasteiger partial charge in [0.15, 0.2) is 0 Å². The Kier molecular flexibility index (Phi) is 5.48. The molecular weight excluding hydrogens is 368 g/mol. The molecule has 3 aromatic rings. The SMILES string of the molecule is CN1CCN(c2ccc(-n3ccc(OCc4ccccc4)cc3=O)c(=O)[nH]2)CC1. The monoisotopic (exact) mass is 392 g/mol. The van der Waals surface area contributed by atoms with Crippen molar-refractivity contribution in [2.24, 2.45) is 0 Å². The first-order valence-electron chi connectivity index (χ1n) is 9.67. The number of nitrogens with one attached hydrogen (secondary N) is 1. The molecule has 0 bridgehead atoms. The highest BCUT2D eigenvalue weighted by Crippen LogP contribution is 2.14. The first kappa shape index (κ1) is 19.0. The molecule has 0 saturated carbocycles. The molecule has 7 nitrogen and oxygen atoms in total. The average molecular weight is 392 g/mol. The third kappa shape index (κ3) is 4.41. The molecule has 0 amide bonds. The van der Waals surface area contributed by atoms with Gasteiger partial charge in [-0.15, -0.1) is 0 Å². The van der Waals surface area contributed by atoms with E-state index in [1.165, 1.54) is 10.6 Å². The van der Waals surface area contributed by atoms with Crippen molar-refractivity contribution < 1.29 is 4.74 Å². The quantitative estimate of drug-likeness (QED) is 0.718. The molecule has 0 radical (unpaired) electrons. The number of pyridine rings is 2. The number of aromatic amines is 1. The Bertz CT molecular complexity index is 1080. The van der Waals surface area contributed by atoms with Gasteiger partial charge in [0, 0.05) is 38.4 Å². The second kappa shape index (κ2) is 8.36. The molecule has 1 aliphatic rings. The molecule has 1 aromatic carbocycles. The van der Waals surface area contributed by atoms with E-state index in [4.69, 9.17) is 4.74 Å². The van der Waals surface area contributed by atoms with Gasteiger partial charge in [-0.3, -0.25) is 14.2 Å². The van der Waals surface area contributed by atoms with Crippen molar-refractivity contribution in [2.45, 2.75) is 6.61 Å². The van der Waals surface area contributed by atoms with Crippen molar-refractivity contribution in [1.29, 1.82) is 0 Å². The fraction of sp³-hybridized carbons (Fsp3) is 0.273. The van der Waals surface area contributed by atoms with Crippen molar-refractivity contribution in [3.63, 3.8) is 0 Å². The number of likely N-dealkylation sites (N-methyl/N-ethyl adjacent to an activating group) is 1. The van der Waals surface area contributed by atoms with Crippen LogP contribution in [0.4, 0.5) is 5.82 Å². The molecule has 150 valence electrons. The molecule has 1 fully saturated rings. The summed E-state index contributed by atoms with van der Waals surface area (Å²) in [5.74, 6) is 1.25. The van der Waals surface area contributed by atoms with Gasteiger partial charge in [0.05, 0.1) is 0 Å². The minimum absolute atomic E-state index is 0.290.